The number of anilines is 1. The number of nitrogens with zero attached hydrogens (tertiary/aromatic N) is 2. The number of carbonyl (C=O) groups excluding carboxylic acids is 1. The zero-order chi connectivity index (χ0) is 17.5. The van der Waals surface area contributed by atoms with Crippen LogP contribution in [0.25, 0.3) is 0 Å². The van der Waals surface area contributed by atoms with Crippen molar-refractivity contribution in [1.82, 2.24) is 5.43 Å². The molecule has 1 N–H and O–H groups in total. The molecule has 5 nitrogen and oxygen atoms in total. The summed E-state index contributed by atoms with van der Waals surface area (Å²) in [5.74, 6) is 0.0772. The highest BCUT2D eigenvalue weighted by Gasteiger charge is 2.05. The maximum atomic E-state index is 11.7. The Hall–Kier alpha value is -2.05. The summed E-state index contributed by atoms with van der Waals surface area (Å²) < 4.78 is 6.20. The van der Waals surface area contributed by atoms with Crippen molar-refractivity contribution in [3.63, 3.8) is 0 Å². The molecule has 0 saturated heterocycles. The van der Waals surface area contributed by atoms with Crippen molar-refractivity contribution in [2.75, 3.05) is 25.6 Å². The zero-order valence-corrected chi connectivity index (χ0v) is 15.6. The summed E-state index contributed by atoms with van der Waals surface area (Å²) >= 11 is 9.32. The van der Waals surface area contributed by atoms with E-state index in [0.717, 1.165) is 15.7 Å². The molecule has 0 saturated carbocycles. The second kappa shape index (κ2) is 8.70. The van der Waals surface area contributed by atoms with E-state index in [1.54, 1.807) is 24.4 Å². The Bertz CT molecular complexity index is 733. The molecule has 7 heteroatoms. The lowest BCUT2D eigenvalue weighted by atomic mass is 10.2. The van der Waals surface area contributed by atoms with Crippen LogP contribution in [0.1, 0.15) is 5.56 Å². The molecule has 2 rings (SSSR count). The standard InChI is InChI=1S/C17H17BrClN3O2/c1-22(2)14-6-3-12(4-7-14)10-20-21-17(23)11-24-16-8-5-13(18)9-15(16)19/h3-10H,11H2,1-2H3,(H,21,23). The molecule has 126 valence electrons. The van der Waals surface area contributed by atoms with Crippen LogP contribution in [0, 0.1) is 0 Å². The summed E-state index contributed by atoms with van der Waals surface area (Å²) in [5.41, 5.74) is 4.39. The highest BCUT2D eigenvalue weighted by molar-refractivity contribution is 9.10. The molecule has 0 aliphatic rings. The third kappa shape index (κ3) is 5.54. The fourth-order valence-electron chi connectivity index (χ4n) is 1.81. The number of ether oxygens (including phenoxy) is 1. The number of hydrogen-bond acceptors (Lipinski definition) is 4. The average molecular weight is 411 g/mol. The fourth-order valence-corrected chi connectivity index (χ4v) is 2.53. The van der Waals surface area contributed by atoms with E-state index < -0.39 is 0 Å². The van der Waals surface area contributed by atoms with Gasteiger partial charge in [0.1, 0.15) is 5.75 Å². The molecule has 1 amide bonds. The van der Waals surface area contributed by atoms with E-state index in [4.69, 9.17) is 16.3 Å². The van der Waals surface area contributed by atoms with Crippen molar-refractivity contribution in [2.24, 2.45) is 5.10 Å². The number of nitrogens with one attached hydrogen (secondary N) is 1. The summed E-state index contributed by atoms with van der Waals surface area (Å²) in [7, 11) is 3.95. The van der Waals surface area contributed by atoms with Crippen molar-refractivity contribution < 1.29 is 9.53 Å². The molecule has 0 radical (unpaired) electrons. The molecular weight excluding hydrogens is 394 g/mol. The van der Waals surface area contributed by atoms with Crippen molar-refractivity contribution in [2.45, 2.75) is 0 Å². The van der Waals surface area contributed by atoms with Crippen molar-refractivity contribution >= 4 is 45.3 Å². The smallest absolute Gasteiger partial charge is 0.277 e. The quantitative estimate of drug-likeness (QED) is 0.583. The van der Waals surface area contributed by atoms with E-state index in [9.17, 15) is 4.79 Å². The Morgan fingerprint density at radius 1 is 1.29 bits per heavy atom. The first-order valence-electron chi connectivity index (χ1n) is 7.13. The number of halogens is 2. The number of amides is 1. The molecule has 0 bridgehead atoms. The molecule has 24 heavy (non-hydrogen) atoms. The lowest BCUT2D eigenvalue weighted by Crippen LogP contribution is -2.24. The molecule has 0 spiro atoms. The van der Waals surface area contributed by atoms with Crippen LogP contribution >= 0.6 is 27.5 Å². The fraction of sp³-hybridized carbons (Fsp3) is 0.176. The minimum absolute atomic E-state index is 0.168. The summed E-state index contributed by atoms with van der Waals surface area (Å²) in [5, 5.41) is 4.34. The van der Waals surface area contributed by atoms with Gasteiger partial charge in [0, 0.05) is 24.3 Å². The Morgan fingerprint density at radius 3 is 2.62 bits per heavy atom. The van der Waals surface area contributed by atoms with Crippen LogP contribution in [0.2, 0.25) is 5.02 Å². The summed E-state index contributed by atoms with van der Waals surface area (Å²) in [6.45, 7) is -0.168. The molecule has 0 aromatic heterocycles. The van der Waals surface area contributed by atoms with Gasteiger partial charge in [0.05, 0.1) is 11.2 Å². The van der Waals surface area contributed by atoms with Gasteiger partial charge in [-0.05, 0) is 35.9 Å². The Morgan fingerprint density at radius 2 is 2.00 bits per heavy atom. The maximum Gasteiger partial charge on any atom is 0.277 e. The number of benzene rings is 2. The van der Waals surface area contributed by atoms with Crippen LogP contribution in [0.3, 0.4) is 0 Å². The molecule has 0 atom stereocenters. The van der Waals surface area contributed by atoms with E-state index in [2.05, 4.69) is 26.5 Å². The Labute approximate surface area is 154 Å². The van der Waals surface area contributed by atoms with E-state index >= 15 is 0 Å². The first-order valence-corrected chi connectivity index (χ1v) is 8.30. The van der Waals surface area contributed by atoms with Crippen LogP contribution in [-0.2, 0) is 4.79 Å². The number of hydrogen-bond donors (Lipinski definition) is 1. The van der Waals surface area contributed by atoms with E-state index in [1.165, 1.54) is 0 Å². The number of rotatable bonds is 6. The van der Waals surface area contributed by atoms with E-state index in [0.29, 0.717) is 10.8 Å². The van der Waals surface area contributed by atoms with E-state index in [1.807, 2.05) is 43.3 Å². The minimum Gasteiger partial charge on any atom is -0.482 e. The van der Waals surface area contributed by atoms with Gasteiger partial charge in [-0.2, -0.15) is 5.10 Å². The van der Waals surface area contributed by atoms with Gasteiger partial charge in [-0.1, -0.05) is 39.7 Å². The third-order valence-electron chi connectivity index (χ3n) is 3.07. The van der Waals surface area contributed by atoms with Gasteiger partial charge in [0.15, 0.2) is 6.61 Å². The van der Waals surface area contributed by atoms with Gasteiger partial charge in [0.2, 0.25) is 0 Å². The average Bonchev–Trinajstić information content (AvgIpc) is 2.54. The van der Waals surface area contributed by atoms with Crippen LogP contribution in [0.15, 0.2) is 52.0 Å². The maximum absolute atomic E-state index is 11.7. The Kier molecular flexibility index (Phi) is 6.63. The van der Waals surface area contributed by atoms with Gasteiger partial charge >= 0.3 is 0 Å². The monoisotopic (exact) mass is 409 g/mol. The van der Waals surface area contributed by atoms with Gasteiger partial charge in [-0.25, -0.2) is 5.43 Å². The normalized spacial score (nSPS) is 10.7. The predicted molar refractivity (Wildman–Crippen MR) is 101 cm³/mol. The molecular formula is C17H17BrClN3O2. The van der Waals surface area contributed by atoms with Crippen LogP contribution in [0.4, 0.5) is 5.69 Å². The Balaban J connectivity index is 1.82. The van der Waals surface area contributed by atoms with E-state index in [-0.39, 0.29) is 12.5 Å². The molecule has 0 unspecified atom stereocenters. The van der Waals surface area contributed by atoms with Gasteiger partial charge in [-0.3, -0.25) is 4.79 Å². The van der Waals surface area contributed by atoms with Gasteiger partial charge in [0.25, 0.3) is 5.91 Å². The molecule has 2 aromatic rings. The largest absolute Gasteiger partial charge is 0.482 e. The van der Waals surface area contributed by atoms with Crippen molar-refractivity contribution in [3.05, 3.63) is 57.5 Å². The van der Waals surface area contributed by atoms with Crippen LogP contribution in [-0.4, -0.2) is 32.8 Å². The number of hydrazone groups is 1. The molecule has 0 aliphatic heterocycles. The minimum atomic E-state index is -0.366. The molecule has 2 aromatic carbocycles. The number of carbonyl (C=O) groups is 1. The van der Waals surface area contributed by atoms with Crippen molar-refractivity contribution in [1.29, 1.82) is 0 Å². The predicted octanol–water partition coefficient (Wildman–Crippen LogP) is 3.70. The first-order chi connectivity index (χ1) is 11.5. The van der Waals surface area contributed by atoms with Gasteiger partial charge < -0.3 is 9.64 Å². The zero-order valence-electron chi connectivity index (χ0n) is 13.3. The summed E-state index contributed by atoms with van der Waals surface area (Å²) in [4.78, 5) is 13.7. The second-order valence-corrected chi connectivity index (χ2v) is 6.47. The van der Waals surface area contributed by atoms with Crippen LogP contribution < -0.4 is 15.1 Å². The molecule has 0 fully saturated rings. The lowest BCUT2D eigenvalue weighted by molar-refractivity contribution is -0.123. The SMILES string of the molecule is CN(C)c1ccc(C=NNC(=O)COc2ccc(Br)cc2Cl)cc1. The first kappa shape index (κ1) is 18.3. The summed E-state index contributed by atoms with van der Waals surface area (Å²) in [6.07, 6.45) is 1.57. The molecule has 0 aliphatic carbocycles. The summed E-state index contributed by atoms with van der Waals surface area (Å²) in [6, 6.07) is 13.0. The highest BCUT2D eigenvalue weighted by Crippen LogP contribution is 2.27. The van der Waals surface area contributed by atoms with Gasteiger partial charge in [-0.15, -0.1) is 0 Å². The van der Waals surface area contributed by atoms with Crippen molar-refractivity contribution in [3.8, 4) is 5.75 Å². The highest BCUT2D eigenvalue weighted by atomic mass is 79.9. The third-order valence-corrected chi connectivity index (χ3v) is 3.85. The second-order valence-electron chi connectivity index (χ2n) is 5.14. The molecule has 0 heterocycles. The van der Waals surface area contributed by atoms with Crippen LogP contribution in [0.5, 0.6) is 5.75 Å². The lowest BCUT2D eigenvalue weighted by Gasteiger charge is -2.11. The topological polar surface area (TPSA) is 53.9 Å².